The molecule has 4 atom stereocenters. The molecule has 4 unspecified atom stereocenters. The van der Waals surface area contributed by atoms with Gasteiger partial charge in [-0.1, -0.05) is 160 Å². The Balaban J connectivity index is 4.39. The predicted molar refractivity (Wildman–Crippen MR) is 200 cm³/mol. The number of carbonyl (C=O) groups excluding carboxylic acids is 1. The van der Waals surface area contributed by atoms with Crippen molar-refractivity contribution in [3.8, 4) is 0 Å². The molecule has 9 nitrogen and oxygen atoms in total. The Labute approximate surface area is 294 Å². The lowest BCUT2D eigenvalue weighted by atomic mass is 10.0. The summed E-state index contributed by atoms with van der Waals surface area (Å²) in [6, 6.07) is -0.993. The molecule has 0 radical (unpaired) electrons. The highest BCUT2D eigenvalue weighted by atomic mass is 31.2. The zero-order chi connectivity index (χ0) is 35.6. The van der Waals surface area contributed by atoms with Crippen LogP contribution in [-0.4, -0.2) is 59.0 Å². The lowest BCUT2D eigenvalue weighted by Crippen LogP contribution is -2.46. The number of aliphatic hydroxyl groups is 2. The number of aliphatic hydroxyl groups excluding tert-OH is 2. The molecule has 10 heteroatoms. The van der Waals surface area contributed by atoms with Gasteiger partial charge >= 0.3 is 7.82 Å². The van der Waals surface area contributed by atoms with E-state index >= 15 is 0 Å². The molecule has 0 saturated carbocycles. The third-order valence-electron chi connectivity index (χ3n) is 8.58. The Hall–Kier alpha value is -1.06. The van der Waals surface area contributed by atoms with Gasteiger partial charge in [0, 0.05) is 6.54 Å². The van der Waals surface area contributed by atoms with Crippen LogP contribution in [0.15, 0.2) is 24.3 Å². The molecule has 48 heavy (non-hydrogen) atoms. The first-order valence-corrected chi connectivity index (χ1v) is 21.0. The Morgan fingerprint density at radius 3 is 1.73 bits per heavy atom. The van der Waals surface area contributed by atoms with Crippen molar-refractivity contribution in [3.63, 3.8) is 0 Å². The molecular weight excluding hydrogens is 627 g/mol. The Morgan fingerprint density at radius 1 is 0.708 bits per heavy atom. The quantitative estimate of drug-likeness (QED) is 0.0246. The molecule has 284 valence electrons. The average molecular weight is 703 g/mol. The third-order valence-corrected chi connectivity index (χ3v) is 9.57. The summed E-state index contributed by atoms with van der Waals surface area (Å²) in [5.74, 6) is -0.456. The molecule has 6 N–H and O–H groups in total. The summed E-state index contributed by atoms with van der Waals surface area (Å²) in [5, 5.41) is 23.9. The molecule has 0 aliphatic carbocycles. The standard InChI is InChI=1S/C38H75N2O7P/c1-3-5-7-9-11-13-15-16-17-18-20-21-23-25-27-29-35(41)33-38(43)40-36(34-47-48(44,45)46-32-31-39)37(42)30-28-26-24-22-19-14-12-10-8-6-4-2/h19,22,28,30,35-37,41-42H,3-18,20-21,23-27,29,31-34,39H2,1-2H3,(H,40,43)(H,44,45)/b22-19+,30-28+. The monoisotopic (exact) mass is 703 g/mol. The van der Waals surface area contributed by atoms with E-state index in [1.54, 1.807) is 6.08 Å². The van der Waals surface area contributed by atoms with Crippen molar-refractivity contribution < 1.29 is 33.5 Å². The van der Waals surface area contributed by atoms with Gasteiger partial charge in [-0.2, -0.15) is 0 Å². The van der Waals surface area contributed by atoms with Gasteiger partial charge in [0.1, 0.15) is 0 Å². The second-order valence-electron chi connectivity index (χ2n) is 13.3. The molecule has 0 saturated heterocycles. The van der Waals surface area contributed by atoms with Crippen LogP contribution in [0.1, 0.15) is 174 Å². The van der Waals surface area contributed by atoms with Crippen molar-refractivity contribution in [1.29, 1.82) is 0 Å². The van der Waals surface area contributed by atoms with Gasteiger partial charge in [-0.25, -0.2) is 4.57 Å². The number of hydrogen-bond acceptors (Lipinski definition) is 7. The van der Waals surface area contributed by atoms with Gasteiger partial charge in [-0.15, -0.1) is 0 Å². The molecule has 0 aromatic carbocycles. The van der Waals surface area contributed by atoms with Crippen LogP contribution in [-0.2, 0) is 18.4 Å². The number of amides is 1. The topological polar surface area (TPSA) is 151 Å². The third kappa shape index (κ3) is 32.2. The van der Waals surface area contributed by atoms with Gasteiger partial charge in [-0.05, 0) is 32.1 Å². The zero-order valence-corrected chi connectivity index (χ0v) is 31.7. The van der Waals surface area contributed by atoms with E-state index in [0.29, 0.717) is 12.8 Å². The normalized spacial score (nSPS) is 15.2. The van der Waals surface area contributed by atoms with E-state index in [2.05, 4.69) is 31.3 Å². The van der Waals surface area contributed by atoms with Crippen LogP contribution in [0.2, 0.25) is 0 Å². The molecular formula is C38H75N2O7P. The second-order valence-corrected chi connectivity index (χ2v) is 14.8. The van der Waals surface area contributed by atoms with E-state index in [9.17, 15) is 24.5 Å². The molecule has 0 aromatic rings. The van der Waals surface area contributed by atoms with Crippen LogP contribution < -0.4 is 11.1 Å². The van der Waals surface area contributed by atoms with E-state index in [1.807, 2.05) is 6.08 Å². The van der Waals surface area contributed by atoms with Gasteiger partial charge in [0.2, 0.25) is 5.91 Å². The Morgan fingerprint density at radius 2 is 1.19 bits per heavy atom. The second kappa shape index (κ2) is 34.4. The van der Waals surface area contributed by atoms with Crippen LogP contribution in [0.25, 0.3) is 0 Å². The van der Waals surface area contributed by atoms with Crippen molar-refractivity contribution in [2.75, 3.05) is 19.8 Å². The number of rotatable bonds is 36. The van der Waals surface area contributed by atoms with E-state index in [0.717, 1.165) is 32.1 Å². The van der Waals surface area contributed by atoms with Gasteiger partial charge in [0.15, 0.2) is 0 Å². The minimum Gasteiger partial charge on any atom is -0.393 e. The predicted octanol–water partition coefficient (Wildman–Crippen LogP) is 9.19. The van der Waals surface area contributed by atoms with Crippen molar-refractivity contribution in [1.82, 2.24) is 5.32 Å². The molecule has 0 fully saturated rings. The SMILES string of the molecule is CCCCCCC/C=C/CC/C=C/C(O)C(COP(=O)(O)OCCN)NC(=O)CC(O)CCCCCCCCCCCCCCCCC. The summed E-state index contributed by atoms with van der Waals surface area (Å²) in [6.07, 6.45) is 34.1. The Kier molecular flexibility index (Phi) is 33.6. The molecule has 0 heterocycles. The number of nitrogens with two attached hydrogens (primary N) is 1. The number of carbonyl (C=O) groups is 1. The van der Waals surface area contributed by atoms with Crippen LogP contribution in [0, 0.1) is 0 Å². The van der Waals surface area contributed by atoms with Crippen molar-refractivity contribution >= 4 is 13.7 Å². The minimum absolute atomic E-state index is 0.0456. The van der Waals surface area contributed by atoms with Crippen LogP contribution in [0.4, 0.5) is 0 Å². The number of phosphoric ester groups is 1. The molecule has 0 bridgehead atoms. The summed E-state index contributed by atoms with van der Waals surface area (Å²) >= 11 is 0. The first-order valence-electron chi connectivity index (χ1n) is 19.5. The maximum Gasteiger partial charge on any atom is 0.472 e. The summed E-state index contributed by atoms with van der Waals surface area (Å²) in [5.41, 5.74) is 5.34. The van der Waals surface area contributed by atoms with Crippen molar-refractivity contribution in [3.05, 3.63) is 24.3 Å². The van der Waals surface area contributed by atoms with E-state index in [1.165, 1.54) is 109 Å². The van der Waals surface area contributed by atoms with E-state index < -0.39 is 38.6 Å². The number of unbranched alkanes of at least 4 members (excludes halogenated alkanes) is 20. The highest BCUT2D eigenvalue weighted by Crippen LogP contribution is 2.43. The Bertz CT molecular complexity index is 827. The van der Waals surface area contributed by atoms with E-state index in [4.69, 9.17) is 14.8 Å². The van der Waals surface area contributed by atoms with Crippen LogP contribution >= 0.6 is 7.82 Å². The largest absolute Gasteiger partial charge is 0.472 e. The first kappa shape index (κ1) is 46.9. The van der Waals surface area contributed by atoms with Gasteiger partial charge < -0.3 is 26.2 Å². The fraction of sp³-hybridized carbons (Fsp3) is 0.868. The number of hydrogen-bond donors (Lipinski definition) is 5. The van der Waals surface area contributed by atoms with Gasteiger partial charge in [0.25, 0.3) is 0 Å². The first-order chi connectivity index (χ1) is 23.3. The van der Waals surface area contributed by atoms with Gasteiger partial charge in [-0.3, -0.25) is 13.8 Å². The highest BCUT2D eigenvalue weighted by Gasteiger charge is 2.27. The average Bonchev–Trinajstić information content (AvgIpc) is 3.06. The number of nitrogens with one attached hydrogen (secondary N) is 1. The summed E-state index contributed by atoms with van der Waals surface area (Å²) in [6.45, 7) is 3.91. The number of allylic oxidation sites excluding steroid dienone is 3. The van der Waals surface area contributed by atoms with Crippen molar-refractivity contribution in [2.24, 2.45) is 5.73 Å². The highest BCUT2D eigenvalue weighted by molar-refractivity contribution is 7.47. The summed E-state index contributed by atoms with van der Waals surface area (Å²) in [7, 11) is -4.40. The van der Waals surface area contributed by atoms with E-state index in [-0.39, 0.29) is 19.6 Å². The van der Waals surface area contributed by atoms with Crippen LogP contribution in [0.3, 0.4) is 0 Å². The maximum atomic E-state index is 12.7. The molecule has 0 rings (SSSR count). The number of phosphoric acid groups is 1. The summed E-state index contributed by atoms with van der Waals surface area (Å²) < 4.78 is 22.0. The molecule has 1 amide bonds. The lowest BCUT2D eigenvalue weighted by molar-refractivity contribution is -0.124. The smallest absolute Gasteiger partial charge is 0.393 e. The van der Waals surface area contributed by atoms with Crippen LogP contribution in [0.5, 0.6) is 0 Å². The summed E-state index contributed by atoms with van der Waals surface area (Å²) in [4.78, 5) is 22.6. The van der Waals surface area contributed by atoms with Gasteiger partial charge in [0.05, 0.1) is 37.9 Å². The fourth-order valence-corrected chi connectivity index (χ4v) is 6.36. The molecule has 0 aliphatic heterocycles. The minimum atomic E-state index is -4.40. The molecule has 0 spiro atoms. The van der Waals surface area contributed by atoms with Crippen molar-refractivity contribution in [2.45, 2.75) is 193 Å². The zero-order valence-electron chi connectivity index (χ0n) is 30.8. The fourth-order valence-electron chi connectivity index (χ4n) is 5.60. The molecule has 0 aliphatic rings. The lowest BCUT2D eigenvalue weighted by Gasteiger charge is -2.24. The maximum absolute atomic E-state index is 12.7. The molecule has 0 aromatic heterocycles.